The highest BCUT2D eigenvalue weighted by atomic mass is 35.5. The molecular weight excluding hydrogens is 309 g/mol. The first-order chi connectivity index (χ1) is 10.1. The molecule has 0 aliphatic carbocycles. The van der Waals surface area contributed by atoms with Gasteiger partial charge < -0.3 is 10.4 Å². The van der Waals surface area contributed by atoms with Gasteiger partial charge in [-0.2, -0.15) is 0 Å². The van der Waals surface area contributed by atoms with E-state index in [4.69, 9.17) is 28.3 Å². The van der Waals surface area contributed by atoms with Gasteiger partial charge in [0.05, 0.1) is 6.42 Å². The number of rotatable bonds is 5. The molecule has 2 rings (SSSR count). The summed E-state index contributed by atoms with van der Waals surface area (Å²) in [5.74, 6) is -0.158. The summed E-state index contributed by atoms with van der Waals surface area (Å²) in [4.78, 5) is 12.0. The monoisotopic (exact) mass is 323 g/mol. The molecule has 0 unspecified atom stereocenters. The zero-order chi connectivity index (χ0) is 15.2. The van der Waals surface area contributed by atoms with Gasteiger partial charge in [-0.1, -0.05) is 35.3 Å². The van der Waals surface area contributed by atoms with Crippen LogP contribution in [0.15, 0.2) is 42.5 Å². The summed E-state index contributed by atoms with van der Waals surface area (Å²) in [6.45, 7) is 0.110. The summed E-state index contributed by atoms with van der Waals surface area (Å²) < 4.78 is 0. The lowest BCUT2D eigenvalue weighted by Crippen LogP contribution is -2.14. The number of amides is 1. The van der Waals surface area contributed by atoms with E-state index in [1.54, 1.807) is 18.2 Å². The number of carbonyl (C=O) groups excluding carboxylic acids is 1. The van der Waals surface area contributed by atoms with Gasteiger partial charge in [0.25, 0.3) is 0 Å². The molecule has 2 N–H and O–H groups in total. The fourth-order valence-corrected chi connectivity index (χ4v) is 2.32. The Kier molecular flexibility index (Phi) is 5.62. The van der Waals surface area contributed by atoms with Gasteiger partial charge in [-0.3, -0.25) is 4.79 Å². The molecule has 0 aliphatic rings. The van der Waals surface area contributed by atoms with Crippen LogP contribution in [-0.4, -0.2) is 17.6 Å². The molecule has 0 atom stereocenters. The summed E-state index contributed by atoms with van der Waals surface area (Å²) >= 11 is 11.9. The molecule has 5 heteroatoms. The number of aliphatic hydroxyl groups is 1. The third-order valence-corrected chi connectivity index (χ3v) is 3.60. The predicted molar refractivity (Wildman–Crippen MR) is 86.0 cm³/mol. The average molecular weight is 324 g/mol. The summed E-state index contributed by atoms with van der Waals surface area (Å²) in [5, 5.41) is 12.7. The van der Waals surface area contributed by atoms with E-state index in [2.05, 4.69) is 5.32 Å². The first-order valence-corrected chi connectivity index (χ1v) is 7.27. The van der Waals surface area contributed by atoms with E-state index in [0.717, 1.165) is 5.56 Å². The summed E-state index contributed by atoms with van der Waals surface area (Å²) in [6, 6.07) is 12.4. The van der Waals surface area contributed by atoms with E-state index >= 15 is 0 Å². The maximum absolute atomic E-state index is 12.0. The van der Waals surface area contributed by atoms with Gasteiger partial charge in [-0.05, 0) is 47.9 Å². The highest BCUT2D eigenvalue weighted by Gasteiger charge is 2.08. The van der Waals surface area contributed by atoms with Crippen LogP contribution >= 0.6 is 23.2 Å². The molecule has 0 saturated carbocycles. The summed E-state index contributed by atoms with van der Waals surface area (Å²) in [6.07, 6.45) is 0.768. The van der Waals surface area contributed by atoms with Crippen molar-refractivity contribution in [3.8, 4) is 0 Å². The molecule has 2 aromatic rings. The van der Waals surface area contributed by atoms with E-state index in [1.165, 1.54) is 0 Å². The van der Waals surface area contributed by atoms with Crippen molar-refractivity contribution in [2.24, 2.45) is 0 Å². The van der Waals surface area contributed by atoms with Gasteiger partial charge in [0, 0.05) is 22.3 Å². The summed E-state index contributed by atoms with van der Waals surface area (Å²) in [5.41, 5.74) is 2.42. The van der Waals surface area contributed by atoms with Crippen molar-refractivity contribution in [1.82, 2.24) is 0 Å². The molecule has 3 nitrogen and oxygen atoms in total. The molecule has 0 aliphatic heterocycles. The highest BCUT2D eigenvalue weighted by Crippen LogP contribution is 2.21. The molecule has 0 radical (unpaired) electrons. The maximum atomic E-state index is 12.0. The topological polar surface area (TPSA) is 49.3 Å². The SMILES string of the molecule is O=C(Cc1cc(Cl)ccc1Cl)Nc1ccc(CCO)cc1. The smallest absolute Gasteiger partial charge is 0.228 e. The minimum atomic E-state index is -0.158. The third-order valence-electron chi connectivity index (χ3n) is 3.00. The molecule has 0 bridgehead atoms. The fourth-order valence-electron chi connectivity index (χ4n) is 1.94. The summed E-state index contributed by atoms with van der Waals surface area (Å²) in [7, 11) is 0. The minimum Gasteiger partial charge on any atom is -0.396 e. The van der Waals surface area contributed by atoms with Crippen LogP contribution in [-0.2, 0) is 17.6 Å². The molecular formula is C16H15Cl2NO2. The van der Waals surface area contributed by atoms with Gasteiger partial charge in [0.15, 0.2) is 0 Å². The van der Waals surface area contributed by atoms with E-state index in [9.17, 15) is 4.79 Å². The third kappa shape index (κ3) is 4.74. The Bertz CT molecular complexity index is 627. The normalized spacial score (nSPS) is 10.4. The maximum Gasteiger partial charge on any atom is 0.228 e. The molecule has 0 heterocycles. The number of hydrogen-bond donors (Lipinski definition) is 2. The quantitative estimate of drug-likeness (QED) is 0.881. The number of hydrogen-bond acceptors (Lipinski definition) is 2. The van der Waals surface area contributed by atoms with Crippen molar-refractivity contribution in [1.29, 1.82) is 0 Å². The van der Waals surface area contributed by atoms with Gasteiger partial charge in [0.2, 0.25) is 5.91 Å². The van der Waals surface area contributed by atoms with Crippen LogP contribution in [0.3, 0.4) is 0 Å². The van der Waals surface area contributed by atoms with Crippen LogP contribution < -0.4 is 5.32 Å². The Morgan fingerprint density at radius 1 is 1.10 bits per heavy atom. The number of carbonyl (C=O) groups is 1. The number of halogens is 2. The molecule has 2 aromatic carbocycles. The number of nitrogens with one attached hydrogen (secondary N) is 1. The Labute approximate surface area is 133 Å². The second-order valence-corrected chi connectivity index (χ2v) is 5.47. The van der Waals surface area contributed by atoms with Crippen molar-refractivity contribution < 1.29 is 9.90 Å². The van der Waals surface area contributed by atoms with Gasteiger partial charge in [0.1, 0.15) is 0 Å². The standard InChI is InChI=1S/C16H15Cl2NO2/c17-13-3-6-15(18)12(9-13)10-16(21)19-14-4-1-11(2-5-14)7-8-20/h1-6,9,20H,7-8,10H2,(H,19,21). The number of aliphatic hydroxyl groups excluding tert-OH is 1. The van der Waals surface area contributed by atoms with Crippen LogP contribution in [0.1, 0.15) is 11.1 Å². The van der Waals surface area contributed by atoms with Gasteiger partial charge in [-0.25, -0.2) is 0 Å². The number of benzene rings is 2. The van der Waals surface area contributed by atoms with Crippen molar-refractivity contribution in [2.45, 2.75) is 12.8 Å². The first kappa shape index (κ1) is 15.8. The molecule has 0 spiro atoms. The zero-order valence-electron chi connectivity index (χ0n) is 11.3. The minimum absolute atomic E-state index is 0.110. The van der Waals surface area contributed by atoms with Crippen molar-refractivity contribution in [3.05, 3.63) is 63.6 Å². The Morgan fingerprint density at radius 3 is 2.48 bits per heavy atom. The average Bonchev–Trinajstić information content (AvgIpc) is 2.45. The van der Waals surface area contributed by atoms with Crippen LogP contribution in [0.4, 0.5) is 5.69 Å². The fraction of sp³-hybridized carbons (Fsp3) is 0.188. The lowest BCUT2D eigenvalue weighted by Gasteiger charge is -2.08. The van der Waals surface area contributed by atoms with Gasteiger partial charge in [-0.15, -0.1) is 0 Å². The molecule has 0 saturated heterocycles. The van der Waals surface area contributed by atoms with Crippen LogP contribution in [0.2, 0.25) is 10.0 Å². The van der Waals surface area contributed by atoms with Gasteiger partial charge >= 0.3 is 0 Å². The predicted octanol–water partition coefficient (Wildman–Crippen LogP) is 3.71. The van der Waals surface area contributed by atoms with Crippen molar-refractivity contribution >= 4 is 34.8 Å². The second kappa shape index (κ2) is 7.46. The Hall–Kier alpha value is -1.55. The van der Waals surface area contributed by atoms with Crippen LogP contribution in [0, 0.1) is 0 Å². The van der Waals surface area contributed by atoms with E-state index in [1.807, 2.05) is 24.3 Å². The lowest BCUT2D eigenvalue weighted by atomic mass is 10.1. The van der Waals surface area contributed by atoms with Crippen molar-refractivity contribution in [3.63, 3.8) is 0 Å². The zero-order valence-corrected chi connectivity index (χ0v) is 12.8. The highest BCUT2D eigenvalue weighted by molar-refractivity contribution is 6.33. The van der Waals surface area contributed by atoms with Crippen molar-refractivity contribution in [2.75, 3.05) is 11.9 Å². The Morgan fingerprint density at radius 2 is 1.81 bits per heavy atom. The largest absolute Gasteiger partial charge is 0.396 e. The van der Waals surface area contributed by atoms with Crippen LogP contribution in [0.25, 0.3) is 0 Å². The molecule has 0 aromatic heterocycles. The van der Waals surface area contributed by atoms with E-state index in [-0.39, 0.29) is 18.9 Å². The lowest BCUT2D eigenvalue weighted by molar-refractivity contribution is -0.115. The number of anilines is 1. The molecule has 21 heavy (non-hydrogen) atoms. The van der Waals surface area contributed by atoms with Crippen LogP contribution in [0.5, 0.6) is 0 Å². The Balaban J connectivity index is 1.99. The molecule has 110 valence electrons. The first-order valence-electron chi connectivity index (χ1n) is 6.52. The van der Waals surface area contributed by atoms with E-state index in [0.29, 0.717) is 27.7 Å². The molecule has 1 amide bonds. The molecule has 0 fully saturated rings. The second-order valence-electron chi connectivity index (χ2n) is 4.63. The van der Waals surface area contributed by atoms with E-state index < -0.39 is 0 Å².